The summed E-state index contributed by atoms with van der Waals surface area (Å²) in [5.74, 6) is -0.0508. The highest BCUT2D eigenvalue weighted by molar-refractivity contribution is 7.47. The summed E-state index contributed by atoms with van der Waals surface area (Å²) in [6.45, 7) is -1.99. The molecule has 2 aliphatic heterocycles. The lowest BCUT2D eigenvalue weighted by atomic mass is 10.1. The molecule has 0 bridgehead atoms. The predicted octanol–water partition coefficient (Wildman–Crippen LogP) is -2.34. The molecule has 28 nitrogen and oxygen atoms in total. The third-order valence-electron chi connectivity index (χ3n) is 9.22. The molecule has 0 aromatic carbocycles. The Labute approximate surface area is 323 Å². The third-order valence-corrected chi connectivity index (χ3v) is 11.7. The number of nitrogens with zero attached hydrogens (tertiary/aromatic N) is 11. The topological polar surface area (TPSA) is 399 Å². The van der Waals surface area contributed by atoms with E-state index < -0.39 is 83.3 Å². The molecule has 2 aliphatic rings. The Bertz CT molecular complexity index is 2590. The number of nitrogens with two attached hydrogens (primary N) is 3. The molecule has 10 atom stereocenters. The number of phosphoric acid groups is 1. The van der Waals surface area contributed by atoms with Crippen LogP contribution >= 0.6 is 15.9 Å². The largest absolute Gasteiger partial charge is 0.519 e. The van der Waals surface area contributed by atoms with Crippen LogP contribution in [0.3, 0.4) is 0 Å². The van der Waals surface area contributed by atoms with Crippen molar-refractivity contribution in [2.75, 3.05) is 43.6 Å². The molecular formula is C28H34N15O13P2+. The van der Waals surface area contributed by atoms with Crippen molar-refractivity contribution in [3.8, 4) is 0 Å². The number of nitrogens with one attached hydrogen (secondary N) is 1. The first-order chi connectivity index (χ1) is 27.8. The lowest BCUT2D eigenvalue weighted by molar-refractivity contribution is -0.0593. The fourth-order valence-corrected chi connectivity index (χ4v) is 8.72. The molecule has 30 heteroatoms. The van der Waals surface area contributed by atoms with Gasteiger partial charge in [-0.05, 0) is 4.57 Å². The van der Waals surface area contributed by atoms with Gasteiger partial charge in [0.1, 0.15) is 67.5 Å². The first-order valence-electron chi connectivity index (χ1n) is 17.0. The Morgan fingerprint density at radius 3 is 2.16 bits per heavy atom. The summed E-state index contributed by atoms with van der Waals surface area (Å²) in [5.41, 5.74) is 16.5. The van der Waals surface area contributed by atoms with Crippen LogP contribution in [0.15, 0.2) is 36.4 Å². The summed E-state index contributed by atoms with van der Waals surface area (Å²) >= 11 is 0. The summed E-state index contributed by atoms with van der Waals surface area (Å²) in [6, 6.07) is 0. The minimum absolute atomic E-state index is 0.0301. The molecule has 10 unspecified atom stereocenters. The lowest BCUT2D eigenvalue weighted by Crippen LogP contribution is -2.35. The van der Waals surface area contributed by atoms with Crippen molar-refractivity contribution in [3.05, 3.63) is 42.0 Å². The third kappa shape index (κ3) is 7.36. The van der Waals surface area contributed by atoms with Gasteiger partial charge < -0.3 is 51.6 Å². The van der Waals surface area contributed by atoms with Crippen LogP contribution < -0.4 is 22.8 Å². The van der Waals surface area contributed by atoms with Gasteiger partial charge in [-0.2, -0.15) is 4.98 Å². The highest BCUT2D eigenvalue weighted by atomic mass is 31.2. The van der Waals surface area contributed by atoms with Crippen LogP contribution in [0, 0.1) is 0 Å². The monoisotopic (exact) mass is 850 g/mol. The minimum Gasteiger partial charge on any atom is -0.394 e. The first kappa shape index (κ1) is 39.6. The highest BCUT2D eigenvalue weighted by Gasteiger charge is 2.58. The number of hydrogen-bond donors (Lipinski definition) is 8. The van der Waals surface area contributed by atoms with E-state index in [4.69, 9.17) is 45.0 Å². The lowest BCUT2D eigenvalue weighted by Gasteiger charge is -2.24. The van der Waals surface area contributed by atoms with E-state index in [0.717, 1.165) is 12.7 Å². The van der Waals surface area contributed by atoms with Crippen LogP contribution in [0.25, 0.3) is 33.5 Å². The van der Waals surface area contributed by atoms with Gasteiger partial charge in [-0.1, -0.05) is 0 Å². The second-order valence-electron chi connectivity index (χ2n) is 12.8. The van der Waals surface area contributed by atoms with Gasteiger partial charge in [0, 0.05) is 0 Å². The molecule has 0 aliphatic carbocycles. The van der Waals surface area contributed by atoms with E-state index in [0.29, 0.717) is 0 Å². The summed E-state index contributed by atoms with van der Waals surface area (Å²) < 4.78 is 64.9. The zero-order valence-corrected chi connectivity index (χ0v) is 31.3. The van der Waals surface area contributed by atoms with Crippen LogP contribution in [0.4, 0.5) is 17.6 Å². The van der Waals surface area contributed by atoms with Gasteiger partial charge in [0.25, 0.3) is 11.2 Å². The van der Waals surface area contributed by atoms with E-state index in [1.165, 1.54) is 32.7 Å². The van der Waals surface area contributed by atoms with Crippen LogP contribution in [-0.2, 0) is 43.6 Å². The number of phosphoric ester groups is 1. The number of aromatic amines is 1. The van der Waals surface area contributed by atoms with Crippen molar-refractivity contribution in [2.24, 2.45) is 0 Å². The van der Waals surface area contributed by atoms with Crippen LogP contribution in [-0.4, -0.2) is 141 Å². The zero-order chi connectivity index (χ0) is 40.9. The molecule has 0 radical (unpaired) electrons. The number of H-pyrrole nitrogens is 1. The van der Waals surface area contributed by atoms with E-state index in [-0.39, 0.29) is 71.0 Å². The fraction of sp³-hybridized carbons (Fsp3) is 0.464. The average molecular weight is 851 g/mol. The number of aromatic nitrogens is 12. The number of imidazole rings is 3. The Kier molecular flexibility index (Phi) is 10.8. The Morgan fingerprint density at radius 2 is 1.48 bits per heavy atom. The maximum absolute atomic E-state index is 13.7. The van der Waals surface area contributed by atoms with Gasteiger partial charge in [-0.15, -0.1) is 4.52 Å². The number of aliphatic hydroxyl groups excluding tert-OH is 3. The van der Waals surface area contributed by atoms with Crippen molar-refractivity contribution < 1.29 is 57.1 Å². The van der Waals surface area contributed by atoms with Gasteiger partial charge in [-0.3, -0.25) is 32.5 Å². The standard InChI is InChI=1S/C28H33N15O13P2/c29-20-13-22(34-5-32-20)42(8-37-13)26-18(16(45)11(3-44)54-26)56-58(49,50)53-4-12-17(46)19(27(55-12)43-9-38-14-21(30)33-6-35-23(14)43)57(48)52-2-1-51-10-41-7-36-15-24(41)39-28(31)40-25(15)47/h5-9,11-12,16-19,26-27,44-46H,1-4,10H2,(H7-,29,30,31,32,33,34,35,39,40,47,49,50)/p+1. The van der Waals surface area contributed by atoms with Gasteiger partial charge in [-0.25, -0.2) is 39.5 Å². The Morgan fingerprint density at radius 1 is 0.845 bits per heavy atom. The first-order valence-corrected chi connectivity index (χ1v) is 19.8. The van der Waals surface area contributed by atoms with E-state index >= 15 is 0 Å². The molecule has 0 amide bonds. The number of fused-ring (bicyclic) bond motifs is 3. The maximum Gasteiger partial charge on any atom is 0.519 e. The van der Waals surface area contributed by atoms with Crippen molar-refractivity contribution in [3.63, 3.8) is 0 Å². The second kappa shape index (κ2) is 15.9. The molecule has 2 fully saturated rings. The van der Waals surface area contributed by atoms with E-state index in [1.807, 2.05) is 0 Å². The minimum atomic E-state index is -5.16. The number of hydrogen-bond acceptors (Lipinski definition) is 23. The van der Waals surface area contributed by atoms with Crippen LogP contribution in [0.1, 0.15) is 12.5 Å². The SMILES string of the molecule is Nc1nc2c(ncn2COCCO[P+](=O)C2C(O)C(COP(=O)(O)OC3C(O)C(CO)OC3n3cnc4c(N)ncnc43)OC2n2cnc3c(N)ncnc32)c(=O)[nH]1. The van der Waals surface area contributed by atoms with Gasteiger partial charge >= 0.3 is 15.9 Å². The summed E-state index contributed by atoms with van der Waals surface area (Å²) in [6.07, 6.45) is -4.13. The molecule has 308 valence electrons. The number of rotatable bonds is 15. The molecule has 6 aromatic heterocycles. The van der Waals surface area contributed by atoms with Crippen LogP contribution in [0.5, 0.6) is 0 Å². The summed E-state index contributed by atoms with van der Waals surface area (Å²) in [7, 11) is -7.96. The molecular weight excluding hydrogens is 816 g/mol. The zero-order valence-electron chi connectivity index (χ0n) is 29.6. The molecule has 0 saturated carbocycles. The Hall–Kier alpha value is -5.22. The number of nitrogen functional groups attached to an aromatic ring is 3. The normalized spacial score (nSPS) is 26.2. The molecule has 2 saturated heterocycles. The van der Waals surface area contributed by atoms with Crippen molar-refractivity contribution in [1.82, 2.24) is 58.6 Å². The second-order valence-corrected chi connectivity index (χ2v) is 15.6. The molecule has 8 heterocycles. The summed E-state index contributed by atoms with van der Waals surface area (Å²) in [4.78, 5) is 57.8. The van der Waals surface area contributed by atoms with Gasteiger partial charge in [0.05, 0.1) is 38.8 Å². The molecule has 11 N–H and O–H groups in total. The number of aliphatic hydroxyl groups is 3. The predicted molar refractivity (Wildman–Crippen MR) is 193 cm³/mol. The summed E-state index contributed by atoms with van der Waals surface area (Å²) in [5, 5.41) is 32.2. The number of anilines is 3. The van der Waals surface area contributed by atoms with Crippen molar-refractivity contribution >= 4 is 66.9 Å². The highest BCUT2D eigenvalue weighted by Crippen LogP contribution is 2.52. The molecule has 8 rings (SSSR count). The molecule has 58 heavy (non-hydrogen) atoms. The smallest absolute Gasteiger partial charge is 0.394 e. The Balaban J connectivity index is 0.958. The van der Waals surface area contributed by atoms with E-state index in [9.17, 15) is 34.1 Å². The fourth-order valence-electron chi connectivity index (χ4n) is 6.50. The van der Waals surface area contributed by atoms with Gasteiger partial charge in [0.15, 0.2) is 46.5 Å². The molecule has 6 aromatic rings. The average Bonchev–Trinajstić information content (AvgIpc) is 4.02. The van der Waals surface area contributed by atoms with Gasteiger partial charge in [0.2, 0.25) is 5.95 Å². The van der Waals surface area contributed by atoms with Crippen molar-refractivity contribution in [2.45, 2.75) is 55.4 Å². The van der Waals surface area contributed by atoms with Crippen LogP contribution in [0.2, 0.25) is 0 Å². The van der Waals surface area contributed by atoms with Crippen molar-refractivity contribution in [1.29, 1.82) is 0 Å². The van der Waals surface area contributed by atoms with E-state index in [1.54, 1.807) is 0 Å². The quantitative estimate of drug-likeness (QED) is 0.0396. The molecule has 0 spiro atoms. The number of ether oxygens (including phenoxy) is 3. The van der Waals surface area contributed by atoms with E-state index in [2.05, 4.69) is 44.9 Å². The maximum atomic E-state index is 13.7.